The van der Waals surface area contributed by atoms with Crippen molar-refractivity contribution < 1.29 is 15.0 Å². The zero-order valence-electron chi connectivity index (χ0n) is 17.3. The molecule has 4 rings (SSSR count). The molecular formula is C23H27N3O4. The second kappa shape index (κ2) is 7.99. The van der Waals surface area contributed by atoms with Crippen LogP contribution in [0.25, 0.3) is 22.2 Å². The monoisotopic (exact) mass is 409 g/mol. The molecule has 2 aromatic heterocycles. The number of carboxylic acids is 1. The highest BCUT2D eigenvalue weighted by molar-refractivity contribution is 5.92. The third kappa shape index (κ3) is 3.50. The van der Waals surface area contributed by atoms with E-state index in [0.29, 0.717) is 17.7 Å². The Morgan fingerprint density at radius 3 is 2.70 bits per heavy atom. The second-order valence-electron chi connectivity index (χ2n) is 8.09. The number of aromatic amines is 1. The van der Waals surface area contributed by atoms with Crippen LogP contribution < -0.4 is 10.9 Å². The van der Waals surface area contributed by atoms with Crippen LogP contribution >= 0.6 is 0 Å². The maximum Gasteiger partial charge on any atom is 0.345 e. The molecule has 1 aliphatic rings. The molecule has 3 aromatic rings. The van der Waals surface area contributed by atoms with Gasteiger partial charge in [0, 0.05) is 35.8 Å². The lowest BCUT2D eigenvalue weighted by atomic mass is 9.85. The molecule has 0 spiro atoms. The number of carbonyl (C=O) groups is 1. The minimum atomic E-state index is -1.44. The first-order chi connectivity index (χ1) is 14.4. The van der Waals surface area contributed by atoms with Gasteiger partial charge in [-0.3, -0.25) is 4.79 Å². The van der Waals surface area contributed by atoms with Gasteiger partial charge in [0.05, 0.1) is 5.69 Å². The third-order valence-corrected chi connectivity index (χ3v) is 6.25. The van der Waals surface area contributed by atoms with Crippen molar-refractivity contribution >= 4 is 16.9 Å². The quantitative estimate of drug-likeness (QED) is 0.478. The van der Waals surface area contributed by atoms with Gasteiger partial charge in [0.25, 0.3) is 5.56 Å². The summed E-state index contributed by atoms with van der Waals surface area (Å²) in [5.74, 6) is -1.10. The zero-order valence-corrected chi connectivity index (χ0v) is 17.3. The van der Waals surface area contributed by atoms with E-state index in [4.69, 9.17) is 0 Å². The number of carboxylic acid groups (broad SMARTS) is 1. The smallest absolute Gasteiger partial charge is 0.345 e. The van der Waals surface area contributed by atoms with Crippen molar-refractivity contribution in [1.82, 2.24) is 14.9 Å². The number of aryl methyl sites for hydroxylation is 1. The predicted octanol–water partition coefficient (Wildman–Crippen LogP) is 3.39. The molecule has 7 heteroatoms. The van der Waals surface area contributed by atoms with E-state index in [9.17, 15) is 19.8 Å². The number of aromatic carboxylic acids is 1. The number of rotatable bonds is 7. The molecule has 7 nitrogen and oxygen atoms in total. The Bertz CT molecular complexity index is 1170. The number of fused-ring (bicyclic) bond motifs is 1. The summed E-state index contributed by atoms with van der Waals surface area (Å²) in [5.41, 5.74) is 2.45. The molecule has 4 N–H and O–H groups in total. The number of aromatic hydroxyl groups is 1. The van der Waals surface area contributed by atoms with Crippen molar-refractivity contribution in [2.24, 2.45) is 13.0 Å². The first-order valence-corrected chi connectivity index (χ1v) is 10.4. The molecule has 0 atom stereocenters. The number of hydrogen-bond acceptors (Lipinski definition) is 4. The first-order valence-electron chi connectivity index (χ1n) is 10.4. The lowest BCUT2D eigenvalue weighted by Crippen LogP contribution is -2.27. The van der Waals surface area contributed by atoms with Gasteiger partial charge in [0.2, 0.25) is 0 Å². The van der Waals surface area contributed by atoms with Crippen molar-refractivity contribution in [3.63, 3.8) is 0 Å². The van der Waals surface area contributed by atoms with E-state index in [1.165, 1.54) is 25.0 Å². The fraction of sp³-hybridized carbons (Fsp3) is 0.391. The van der Waals surface area contributed by atoms with Gasteiger partial charge in [-0.2, -0.15) is 0 Å². The Labute approximate surface area is 174 Å². The molecule has 0 unspecified atom stereocenters. The summed E-state index contributed by atoms with van der Waals surface area (Å²) in [5, 5.41) is 24.2. The first kappa shape index (κ1) is 20.2. The van der Waals surface area contributed by atoms with Gasteiger partial charge < -0.3 is 25.1 Å². The summed E-state index contributed by atoms with van der Waals surface area (Å²) < 4.78 is 2.15. The van der Waals surface area contributed by atoms with E-state index in [2.05, 4.69) is 20.9 Å². The van der Waals surface area contributed by atoms with Gasteiger partial charge in [-0.05, 0) is 55.5 Å². The number of aromatic nitrogens is 2. The highest BCUT2D eigenvalue weighted by atomic mass is 16.4. The van der Waals surface area contributed by atoms with Crippen LogP contribution in [0, 0.1) is 5.92 Å². The van der Waals surface area contributed by atoms with Crippen molar-refractivity contribution in [3.05, 3.63) is 51.4 Å². The molecule has 0 radical (unpaired) electrons. The van der Waals surface area contributed by atoms with E-state index in [1.54, 1.807) is 0 Å². The molecule has 0 saturated heterocycles. The van der Waals surface area contributed by atoms with Crippen LogP contribution in [0.1, 0.15) is 47.8 Å². The number of H-pyrrole nitrogens is 1. The van der Waals surface area contributed by atoms with Gasteiger partial charge in [0.15, 0.2) is 5.56 Å². The SMILES string of the molecule is CCc1c(-c2ccc3c(c2)cc(CNCC2CCC2)n3C)[nH]c(=O)c(C(=O)O)c1O. The van der Waals surface area contributed by atoms with Crippen LogP contribution in [-0.4, -0.2) is 32.3 Å². The molecule has 0 bridgehead atoms. The third-order valence-electron chi connectivity index (χ3n) is 6.25. The lowest BCUT2D eigenvalue weighted by Gasteiger charge is -2.25. The van der Waals surface area contributed by atoms with Crippen LogP contribution in [0.5, 0.6) is 5.75 Å². The number of hydrogen-bond donors (Lipinski definition) is 4. The largest absolute Gasteiger partial charge is 0.506 e. The van der Waals surface area contributed by atoms with E-state index >= 15 is 0 Å². The fourth-order valence-corrected chi connectivity index (χ4v) is 4.25. The second-order valence-corrected chi connectivity index (χ2v) is 8.09. The molecule has 0 aliphatic heterocycles. The van der Waals surface area contributed by atoms with Crippen LogP contribution in [0.4, 0.5) is 0 Å². The highest BCUT2D eigenvalue weighted by Crippen LogP contribution is 2.32. The van der Waals surface area contributed by atoms with Crippen molar-refractivity contribution in [3.8, 4) is 17.0 Å². The molecule has 1 aliphatic carbocycles. The Balaban J connectivity index is 1.70. The lowest BCUT2D eigenvalue weighted by molar-refractivity contribution is 0.0691. The maximum absolute atomic E-state index is 12.3. The van der Waals surface area contributed by atoms with Crippen molar-refractivity contribution in [2.45, 2.75) is 39.2 Å². The van der Waals surface area contributed by atoms with E-state index in [1.807, 2.05) is 32.2 Å². The number of nitrogens with zero attached hydrogens (tertiary/aromatic N) is 1. The Morgan fingerprint density at radius 2 is 2.07 bits per heavy atom. The maximum atomic E-state index is 12.3. The van der Waals surface area contributed by atoms with Crippen molar-refractivity contribution in [2.75, 3.05) is 6.54 Å². The Hall–Kier alpha value is -3.06. The van der Waals surface area contributed by atoms with Gasteiger partial charge in [-0.1, -0.05) is 19.4 Å². The normalized spacial score (nSPS) is 14.2. The van der Waals surface area contributed by atoms with Gasteiger partial charge in [0.1, 0.15) is 5.75 Å². The molecule has 158 valence electrons. The number of pyridine rings is 1. The molecule has 30 heavy (non-hydrogen) atoms. The van der Waals surface area contributed by atoms with Gasteiger partial charge >= 0.3 is 5.97 Å². The summed E-state index contributed by atoms with van der Waals surface area (Å²) in [4.78, 5) is 26.3. The van der Waals surface area contributed by atoms with E-state index < -0.39 is 22.8 Å². The highest BCUT2D eigenvalue weighted by Gasteiger charge is 2.22. The summed E-state index contributed by atoms with van der Waals surface area (Å²) in [6.45, 7) is 3.65. The number of benzene rings is 1. The van der Waals surface area contributed by atoms with Crippen LogP contribution in [-0.2, 0) is 20.0 Å². The van der Waals surface area contributed by atoms with Gasteiger partial charge in [-0.15, -0.1) is 0 Å². The fourth-order valence-electron chi connectivity index (χ4n) is 4.25. The number of nitrogens with one attached hydrogen (secondary N) is 2. The Morgan fingerprint density at radius 1 is 1.30 bits per heavy atom. The van der Waals surface area contributed by atoms with Crippen LogP contribution in [0.2, 0.25) is 0 Å². The molecular weight excluding hydrogens is 382 g/mol. The summed E-state index contributed by atoms with van der Waals surface area (Å²) in [7, 11) is 2.04. The molecule has 1 fully saturated rings. The van der Waals surface area contributed by atoms with E-state index in [0.717, 1.165) is 35.5 Å². The van der Waals surface area contributed by atoms with E-state index in [-0.39, 0.29) is 0 Å². The van der Waals surface area contributed by atoms with Crippen molar-refractivity contribution in [1.29, 1.82) is 0 Å². The molecule has 1 aromatic carbocycles. The predicted molar refractivity (Wildman–Crippen MR) is 116 cm³/mol. The summed E-state index contributed by atoms with van der Waals surface area (Å²) in [6.07, 6.45) is 4.36. The summed E-state index contributed by atoms with van der Waals surface area (Å²) in [6, 6.07) is 7.97. The Kier molecular flexibility index (Phi) is 5.39. The van der Waals surface area contributed by atoms with Gasteiger partial charge in [-0.25, -0.2) is 4.79 Å². The average molecular weight is 409 g/mol. The minimum Gasteiger partial charge on any atom is -0.506 e. The molecule has 0 amide bonds. The standard InChI is InChI=1S/C23H27N3O4/c1-3-17-20(25-22(28)19(21(17)27)23(29)30)14-7-8-18-15(9-14)10-16(26(18)2)12-24-11-13-5-4-6-13/h7-10,13,24H,3-6,11-12H2,1-2H3,(H,29,30)(H2,25,27,28). The summed E-state index contributed by atoms with van der Waals surface area (Å²) >= 11 is 0. The zero-order chi connectivity index (χ0) is 21.4. The molecule has 1 saturated carbocycles. The topological polar surface area (TPSA) is 107 Å². The van der Waals surface area contributed by atoms with Crippen LogP contribution in [0.3, 0.4) is 0 Å². The van der Waals surface area contributed by atoms with Crippen LogP contribution in [0.15, 0.2) is 29.1 Å². The minimum absolute atomic E-state index is 0.390. The molecule has 2 heterocycles. The average Bonchev–Trinajstić information content (AvgIpc) is 2.98.